The van der Waals surface area contributed by atoms with Crippen molar-refractivity contribution in [3.05, 3.63) is 59.7 Å². The quantitative estimate of drug-likeness (QED) is 0.698. The smallest absolute Gasteiger partial charge is 0.261 e. The van der Waals surface area contributed by atoms with Gasteiger partial charge in [0.1, 0.15) is 5.75 Å². The highest BCUT2D eigenvalue weighted by atomic mass is 16.5. The lowest BCUT2D eigenvalue weighted by Crippen LogP contribution is -2.41. The van der Waals surface area contributed by atoms with Crippen molar-refractivity contribution in [3.63, 3.8) is 0 Å². The van der Waals surface area contributed by atoms with Crippen molar-refractivity contribution in [2.24, 2.45) is 11.8 Å². The Bertz CT molecular complexity index is 948. The molecule has 0 spiro atoms. The first-order chi connectivity index (χ1) is 14.9. The van der Waals surface area contributed by atoms with Crippen LogP contribution in [0.4, 0.5) is 5.69 Å². The molecule has 0 aromatic heterocycles. The Morgan fingerprint density at radius 2 is 1.61 bits per heavy atom. The molecule has 1 fully saturated rings. The third-order valence-electron chi connectivity index (χ3n) is 6.03. The third-order valence-corrected chi connectivity index (χ3v) is 6.03. The number of rotatable bonds is 6. The Hall–Kier alpha value is -3.15. The van der Waals surface area contributed by atoms with E-state index in [9.17, 15) is 14.4 Å². The monoisotopic (exact) mass is 420 g/mol. The van der Waals surface area contributed by atoms with E-state index in [0.717, 1.165) is 31.4 Å². The molecule has 1 heterocycles. The van der Waals surface area contributed by atoms with Crippen molar-refractivity contribution in [2.75, 3.05) is 11.9 Å². The molecule has 6 nitrogen and oxygen atoms in total. The first-order valence-electron chi connectivity index (χ1n) is 11.0. The number of nitrogens with zero attached hydrogens (tertiary/aromatic N) is 1. The molecule has 31 heavy (non-hydrogen) atoms. The van der Waals surface area contributed by atoms with Crippen molar-refractivity contribution in [3.8, 4) is 5.75 Å². The summed E-state index contributed by atoms with van der Waals surface area (Å²) < 4.78 is 5.65. The van der Waals surface area contributed by atoms with Gasteiger partial charge in [-0.2, -0.15) is 0 Å². The van der Waals surface area contributed by atoms with Crippen LogP contribution in [-0.2, 0) is 4.79 Å². The molecule has 2 aromatic carbocycles. The average Bonchev–Trinajstić information content (AvgIpc) is 3.00. The average molecular weight is 421 g/mol. The molecule has 162 valence electrons. The van der Waals surface area contributed by atoms with Gasteiger partial charge >= 0.3 is 0 Å². The second-order valence-corrected chi connectivity index (χ2v) is 8.60. The number of hydrogen-bond donors (Lipinski definition) is 1. The van der Waals surface area contributed by atoms with Gasteiger partial charge in [0, 0.05) is 18.2 Å². The lowest BCUT2D eigenvalue weighted by molar-refractivity contribution is -0.122. The van der Waals surface area contributed by atoms with Crippen molar-refractivity contribution >= 4 is 23.4 Å². The molecule has 0 bridgehead atoms. The highest BCUT2D eigenvalue weighted by Gasteiger charge is 2.40. The zero-order valence-electron chi connectivity index (χ0n) is 18.0. The van der Waals surface area contributed by atoms with Crippen LogP contribution in [0, 0.1) is 11.8 Å². The Balaban J connectivity index is 1.43. The molecule has 2 aliphatic rings. The molecule has 1 aliphatic heterocycles. The van der Waals surface area contributed by atoms with E-state index in [1.54, 1.807) is 24.3 Å². The summed E-state index contributed by atoms with van der Waals surface area (Å²) >= 11 is 0. The fraction of sp³-hybridized carbons (Fsp3) is 0.400. The van der Waals surface area contributed by atoms with Crippen LogP contribution in [0.15, 0.2) is 48.5 Å². The second-order valence-electron chi connectivity index (χ2n) is 8.60. The Kier molecular flexibility index (Phi) is 6.07. The maximum atomic E-state index is 13.1. The number of amides is 3. The lowest BCUT2D eigenvalue weighted by atomic mass is 9.78. The van der Waals surface area contributed by atoms with Crippen LogP contribution in [0.3, 0.4) is 0 Å². The maximum Gasteiger partial charge on any atom is 0.261 e. The number of imide groups is 1. The minimum Gasteiger partial charge on any atom is -0.491 e. The van der Waals surface area contributed by atoms with E-state index in [2.05, 4.69) is 5.32 Å². The topological polar surface area (TPSA) is 75.7 Å². The zero-order valence-corrected chi connectivity index (χ0v) is 18.0. The zero-order chi connectivity index (χ0) is 22.0. The number of benzene rings is 2. The highest BCUT2D eigenvalue weighted by Crippen LogP contribution is 2.34. The number of ether oxygens (including phenoxy) is 1. The number of fused-ring (bicyclic) bond motifs is 1. The summed E-state index contributed by atoms with van der Waals surface area (Å²) in [4.78, 5) is 39.9. The number of anilines is 1. The van der Waals surface area contributed by atoms with Gasteiger partial charge in [-0.05, 0) is 69.0 Å². The van der Waals surface area contributed by atoms with Gasteiger partial charge in [0.15, 0.2) is 0 Å². The van der Waals surface area contributed by atoms with E-state index in [0.29, 0.717) is 16.8 Å². The van der Waals surface area contributed by atoms with E-state index in [1.807, 2.05) is 38.1 Å². The number of hydrogen-bond acceptors (Lipinski definition) is 4. The molecule has 1 aliphatic carbocycles. The van der Waals surface area contributed by atoms with Crippen molar-refractivity contribution in [2.45, 2.75) is 45.6 Å². The minimum atomic E-state index is -0.258. The molecule has 0 saturated heterocycles. The summed E-state index contributed by atoms with van der Waals surface area (Å²) in [5.74, 6) is -0.0886. The molecule has 1 saturated carbocycles. The summed E-state index contributed by atoms with van der Waals surface area (Å²) in [7, 11) is 0. The predicted molar refractivity (Wildman–Crippen MR) is 118 cm³/mol. The summed E-state index contributed by atoms with van der Waals surface area (Å²) in [6, 6.07) is 14.2. The third kappa shape index (κ3) is 4.48. The van der Waals surface area contributed by atoms with Crippen LogP contribution in [0.1, 0.15) is 60.2 Å². The van der Waals surface area contributed by atoms with Gasteiger partial charge in [0.05, 0.1) is 17.2 Å². The van der Waals surface area contributed by atoms with Crippen LogP contribution in [0.25, 0.3) is 0 Å². The van der Waals surface area contributed by atoms with Gasteiger partial charge in [-0.1, -0.05) is 25.0 Å². The SMILES string of the molecule is CC(C)Oc1ccc(NC(=O)C2CCCCC2CN2C(=O)c3ccccc3C2=O)cc1. The van der Waals surface area contributed by atoms with Gasteiger partial charge in [0.25, 0.3) is 11.8 Å². The lowest BCUT2D eigenvalue weighted by Gasteiger charge is -2.32. The molecule has 2 unspecified atom stereocenters. The first kappa shape index (κ1) is 21.1. The predicted octanol–water partition coefficient (Wildman–Crippen LogP) is 4.51. The van der Waals surface area contributed by atoms with Crippen LogP contribution in [0.2, 0.25) is 0 Å². The maximum absolute atomic E-state index is 13.1. The van der Waals surface area contributed by atoms with Gasteiger partial charge in [-0.25, -0.2) is 0 Å². The molecular weight excluding hydrogens is 392 g/mol. The fourth-order valence-electron chi connectivity index (χ4n) is 4.53. The van der Waals surface area contributed by atoms with Crippen LogP contribution >= 0.6 is 0 Å². The normalized spacial score (nSPS) is 20.7. The molecule has 4 rings (SSSR count). The Morgan fingerprint density at radius 1 is 1.00 bits per heavy atom. The van der Waals surface area contributed by atoms with Crippen LogP contribution < -0.4 is 10.1 Å². The van der Waals surface area contributed by atoms with E-state index < -0.39 is 0 Å². The van der Waals surface area contributed by atoms with E-state index in [4.69, 9.17) is 4.74 Å². The minimum absolute atomic E-state index is 0.0421. The van der Waals surface area contributed by atoms with E-state index >= 15 is 0 Å². The summed E-state index contributed by atoms with van der Waals surface area (Å²) in [6.45, 7) is 4.21. The van der Waals surface area contributed by atoms with Gasteiger partial charge in [-0.15, -0.1) is 0 Å². The molecule has 2 atom stereocenters. The largest absolute Gasteiger partial charge is 0.491 e. The number of nitrogens with one attached hydrogen (secondary N) is 1. The fourth-order valence-corrected chi connectivity index (χ4v) is 4.53. The molecule has 6 heteroatoms. The summed E-state index contributed by atoms with van der Waals surface area (Å²) in [5.41, 5.74) is 1.62. The van der Waals surface area contributed by atoms with Gasteiger partial charge in [-0.3, -0.25) is 19.3 Å². The molecule has 2 aromatic rings. The standard InChI is InChI=1S/C25H28N2O4/c1-16(2)31-19-13-11-18(12-14-19)26-23(28)20-8-4-3-7-17(20)15-27-24(29)21-9-5-6-10-22(21)25(27)30/h5-6,9-14,16-17,20H,3-4,7-8,15H2,1-2H3,(H,26,28). The number of carbonyl (C=O) groups excluding carboxylic acids is 3. The van der Waals surface area contributed by atoms with Crippen LogP contribution in [0.5, 0.6) is 5.75 Å². The summed E-state index contributed by atoms with van der Waals surface area (Å²) in [5, 5.41) is 3.00. The van der Waals surface area contributed by atoms with Crippen LogP contribution in [-0.4, -0.2) is 35.3 Å². The van der Waals surface area contributed by atoms with Crippen molar-refractivity contribution in [1.29, 1.82) is 0 Å². The second kappa shape index (κ2) is 8.92. The molecule has 3 amide bonds. The summed E-state index contributed by atoms with van der Waals surface area (Å²) in [6.07, 6.45) is 3.64. The first-order valence-corrected chi connectivity index (χ1v) is 11.0. The van der Waals surface area contributed by atoms with E-state index in [-0.39, 0.29) is 42.2 Å². The van der Waals surface area contributed by atoms with Crippen molar-refractivity contribution in [1.82, 2.24) is 4.90 Å². The van der Waals surface area contributed by atoms with E-state index in [1.165, 1.54) is 4.90 Å². The van der Waals surface area contributed by atoms with Gasteiger partial charge in [0.2, 0.25) is 5.91 Å². The molecule has 0 radical (unpaired) electrons. The number of carbonyl (C=O) groups is 3. The Morgan fingerprint density at radius 3 is 2.23 bits per heavy atom. The Labute approximate surface area is 182 Å². The van der Waals surface area contributed by atoms with Crippen molar-refractivity contribution < 1.29 is 19.1 Å². The van der Waals surface area contributed by atoms with Gasteiger partial charge < -0.3 is 10.1 Å². The highest BCUT2D eigenvalue weighted by molar-refractivity contribution is 6.21. The molecular formula is C25H28N2O4. The molecule has 1 N–H and O–H groups in total.